The normalized spacial score (nSPS) is 18.2. The van der Waals surface area contributed by atoms with Crippen LogP contribution in [0.3, 0.4) is 0 Å². The summed E-state index contributed by atoms with van der Waals surface area (Å²) in [4.78, 5) is 12.1. The summed E-state index contributed by atoms with van der Waals surface area (Å²) in [5, 5.41) is 7.30. The number of nitrogens with one attached hydrogen (secondary N) is 1. The number of nitrogens with zero attached hydrogens (tertiary/aromatic N) is 2. The van der Waals surface area contributed by atoms with E-state index in [0.717, 1.165) is 12.2 Å². The van der Waals surface area contributed by atoms with Gasteiger partial charge in [-0.25, -0.2) is 4.68 Å². The molecule has 19 heavy (non-hydrogen) atoms. The lowest BCUT2D eigenvalue weighted by molar-refractivity contribution is -0.117. The van der Waals surface area contributed by atoms with E-state index in [2.05, 4.69) is 24.3 Å². The van der Waals surface area contributed by atoms with Gasteiger partial charge in [-0.1, -0.05) is 26.2 Å². The van der Waals surface area contributed by atoms with E-state index in [1.807, 2.05) is 10.7 Å². The number of hydrogen-bond acceptors (Lipinski definition) is 2. The lowest BCUT2D eigenvalue weighted by atomic mass is 9.87. The van der Waals surface area contributed by atoms with Gasteiger partial charge >= 0.3 is 0 Å². The number of carbonyl (C=O) groups is 1. The second kappa shape index (κ2) is 6.73. The van der Waals surface area contributed by atoms with Crippen molar-refractivity contribution in [3.63, 3.8) is 0 Å². The van der Waals surface area contributed by atoms with E-state index in [9.17, 15) is 4.79 Å². The third-order valence-corrected chi connectivity index (χ3v) is 4.14. The summed E-state index contributed by atoms with van der Waals surface area (Å²) >= 11 is 0. The Kier molecular flexibility index (Phi) is 5.00. The van der Waals surface area contributed by atoms with Crippen molar-refractivity contribution in [1.82, 2.24) is 9.78 Å². The van der Waals surface area contributed by atoms with Crippen molar-refractivity contribution < 1.29 is 4.79 Å². The molecule has 1 atom stereocenters. The number of aromatic nitrogens is 2. The molecule has 0 saturated heterocycles. The molecule has 1 aliphatic rings. The Labute approximate surface area is 115 Å². The highest BCUT2D eigenvalue weighted by Gasteiger charge is 2.18. The Balaban J connectivity index is 1.89. The van der Waals surface area contributed by atoms with Gasteiger partial charge in [0.1, 0.15) is 5.82 Å². The molecule has 0 radical (unpaired) electrons. The van der Waals surface area contributed by atoms with Crippen LogP contribution in [-0.2, 0) is 4.79 Å². The van der Waals surface area contributed by atoms with Gasteiger partial charge in [-0.3, -0.25) is 4.79 Å². The summed E-state index contributed by atoms with van der Waals surface area (Å²) in [6, 6.07) is 2.20. The summed E-state index contributed by atoms with van der Waals surface area (Å²) in [5.74, 6) is 1.54. The molecular weight excluding hydrogens is 238 g/mol. The summed E-state index contributed by atoms with van der Waals surface area (Å²) in [7, 11) is 0. The summed E-state index contributed by atoms with van der Waals surface area (Å²) in [6.45, 7) is 4.24. The minimum Gasteiger partial charge on any atom is -0.311 e. The maximum absolute atomic E-state index is 12.1. The van der Waals surface area contributed by atoms with E-state index >= 15 is 0 Å². The Morgan fingerprint density at radius 2 is 2.21 bits per heavy atom. The van der Waals surface area contributed by atoms with Crippen LogP contribution in [0.25, 0.3) is 0 Å². The lowest BCUT2D eigenvalue weighted by Gasteiger charge is -2.21. The molecule has 4 heteroatoms. The molecule has 1 N–H and O–H groups in total. The van der Waals surface area contributed by atoms with Gasteiger partial charge in [-0.2, -0.15) is 5.10 Å². The van der Waals surface area contributed by atoms with Gasteiger partial charge in [0.25, 0.3) is 0 Å². The Morgan fingerprint density at radius 3 is 2.89 bits per heavy atom. The van der Waals surface area contributed by atoms with Crippen molar-refractivity contribution in [2.24, 2.45) is 5.92 Å². The quantitative estimate of drug-likeness (QED) is 0.879. The van der Waals surface area contributed by atoms with Crippen LogP contribution in [0.15, 0.2) is 12.3 Å². The fourth-order valence-corrected chi connectivity index (χ4v) is 2.78. The third-order valence-electron chi connectivity index (χ3n) is 4.14. The standard InChI is InChI=1S/C15H25N3O/c1-3-12(2)18-14(9-10-16-18)17-15(19)11-13-7-5-4-6-8-13/h9-10,12-13H,3-8,11H2,1-2H3,(H,17,19). The molecule has 0 aromatic carbocycles. The first-order valence-corrected chi connectivity index (χ1v) is 7.54. The van der Waals surface area contributed by atoms with Crippen LogP contribution in [0, 0.1) is 5.92 Å². The van der Waals surface area contributed by atoms with E-state index in [1.54, 1.807) is 6.20 Å². The van der Waals surface area contributed by atoms with Crippen molar-refractivity contribution in [2.75, 3.05) is 5.32 Å². The van der Waals surface area contributed by atoms with Gasteiger partial charge in [0, 0.05) is 12.5 Å². The molecule has 1 saturated carbocycles. The molecule has 1 fully saturated rings. The molecular formula is C15H25N3O. The van der Waals surface area contributed by atoms with E-state index in [4.69, 9.17) is 0 Å². The third kappa shape index (κ3) is 3.82. The molecule has 1 amide bonds. The fraction of sp³-hybridized carbons (Fsp3) is 0.733. The summed E-state index contributed by atoms with van der Waals surface area (Å²) < 4.78 is 1.90. The molecule has 1 aliphatic carbocycles. The molecule has 0 spiro atoms. The van der Waals surface area contributed by atoms with Gasteiger partial charge in [-0.15, -0.1) is 0 Å². The van der Waals surface area contributed by atoms with Gasteiger partial charge in [0.05, 0.1) is 12.2 Å². The lowest BCUT2D eigenvalue weighted by Crippen LogP contribution is -2.21. The number of hydrogen-bond donors (Lipinski definition) is 1. The fourth-order valence-electron chi connectivity index (χ4n) is 2.78. The number of anilines is 1. The maximum Gasteiger partial charge on any atom is 0.225 e. The Morgan fingerprint density at radius 1 is 1.47 bits per heavy atom. The predicted octanol–water partition coefficient (Wildman–Crippen LogP) is 3.76. The molecule has 4 nitrogen and oxygen atoms in total. The van der Waals surface area contributed by atoms with Crippen molar-refractivity contribution in [3.05, 3.63) is 12.3 Å². The molecule has 0 aliphatic heterocycles. The van der Waals surface area contributed by atoms with Crippen LogP contribution in [0.2, 0.25) is 0 Å². The van der Waals surface area contributed by atoms with Crippen molar-refractivity contribution in [1.29, 1.82) is 0 Å². The summed E-state index contributed by atoms with van der Waals surface area (Å²) in [5.41, 5.74) is 0. The first kappa shape index (κ1) is 14.1. The van der Waals surface area contributed by atoms with Crippen LogP contribution >= 0.6 is 0 Å². The highest BCUT2D eigenvalue weighted by atomic mass is 16.1. The van der Waals surface area contributed by atoms with Gasteiger partial charge in [-0.05, 0) is 32.1 Å². The number of rotatable bonds is 5. The second-order valence-electron chi connectivity index (χ2n) is 5.67. The average molecular weight is 263 g/mol. The topological polar surface area (TPSA) is 46.9 Å². The van der Waals surface area contributed by atoms with E-state index in [-0.39, 0.29) is 5.91 Å². The van der Waals surface area contributed by atoms with Gasteiger partial charge in [0.2, 0.25) is 5.91 Å². The zero-order valence-corrected chi connectivity index (χ0v) is 12.1. The molecule has 1 aromatic heterocycles. The minimum absolute atomic E-state index is 0.136. The largest absolute Gasteiger partial charge is 0.311 e. The zero-order valence-electron chi connectivity index (χ0n) is 12.1. The van der Waals surface area contributed by atoms with E-state index < -0.39 is 0 Å². The Bertz CT molecular complexity index is 407. The number of amides is 1. The second-order valence-corrected chi connectivity index (χ2v) is 5.67. The Hall–Kier alpha value is -1.32. The summed E-state index contributed by atoms with van der Waals surface area (Å²) in [6.07, 6.45) is 9.72. The molecule has 0 bridgehead atoms. The van der Waals surface area contributed by atoms with Gasteiger partial charge < -0.3 is 5.32 Å². The highest BCUT2D eigenvalue weighted by Crippen LogP contribution is 2.26. The molecule has 1 heterocycles. The first-order chi connectivity index (χ1) is 9.20. The molecule has 106 valence electrons. The van der Waals surface area contributed by atoms with Crippen molar-refractivity contribution in [2.45, 2.75) is 64.8 Å². The van der Waals surface area contributed by atoms with Crippen LogP contribution in [0.5, 0.6) is 0 Å². The monoisotopic (exact) mass is 263 g/mol. The van der Waals surface area contributed by atoms with E-state index in [0.29, 0.717) is 18.4 Å². The van der Waals surface area contributed by atoms with Crippen molar-refractivity contribution >= 4 is 11.7 Å². The van der Waals surface area contributed by atoms with Crippen LogP contribution in [0.1, 0.15) is 64.8 Å². The highest BCUT2D eigenvalue weighted by molar-refractivity contribution is 5.90. The van der Waals surface area contributed by atoms with Crippen molar-refractivity contribution in [3.8, 4) is 0 Å². The smallest absolute Gasteiger partial charge is 0.225 e. The van der Waals surface area contributed by atoms with Crippen LogP contribution < -0.4 is 5.32 Å². The minimum atomic E-state index is 0.136. The number of carbonyl (C=O) groups excluding carboxylic acids is 1. The van der Waals surface area contributed by atoms with Crippen LogP contribution in [-0.4, -0.2) is 15.7 Å². The predicted molar refractivity (Wildman–Crippen MR) is 77.1 cm³/mol. The maximum atomic E-state index is 12.1. The van der Waals surface area contributed by atoms with E-state index in [1.165, 1.54) is 32.1 Å². The molecule has 1 aromatic rings. The van der Waals surface area contributed by atoms with Gasteiger partial charge in [0.15, 0.2) is 0 Å². The SMILES string of the molecule is CCC(C)n1nccc1NC(=O)CC1CCCCC1. The molecule has 2 rings (SSSR count). The first-order valence-electron chi connectivity index (χ1n) is 7.54. The van der Waals surface area contributed by atoms with Crippen LogP contribution in [0.4, 0.5) is 5.82 Å². The zero-order chi connectivity index (χ0) is 13.7. The molecule has 1 unspecified atom stereocenters. The average Bonchev–Trinajstić information content (AvgIpc) is 2.87.